The first kappa shape index (κ1) is 14.8. The van der Waals surface area contributed by atoms with E-state index in [0.29, 0.717) is 18.7 Å². The van der Waals surface area contributed by atoms with Crippen molar-refractivity contribution in [3.05, 3.63) is 40.0 Å². The second-order valence-electron chi connectivity index (χ2n) is 4.97. The SMILES string of the molecule is O=C(O)N1CCC(C=Cc2ccc(O)c([N+](=O)[O-])c2)CC1. The van der Waals surface area contributed by atoms with Gasteiger partial charge in [0.15, 0.2) is 5.75 Å². The van der Waals surface area contributed by atoms with E-state index >= 15 is 0 Å². The molecule has 0 unspecified atom stereocenters. The number of hydrogen-bond donors (Lipinski definition) is 2. The van der Waals surface area contributed by atoms with Crippen LogP contribution < -0.4 is 0 Å². The molecule has 0 aromatic heterocycles. The van der Waals surface area contributed by atoms with Crippen LogP contribution >= 0.6 is 0 Å². The molecule has 1 amide bonds. The van der Waals surface area contributed by atoms with Crippen LogP contribution in [-0.4, -0.2) is 39.2 Å². The summed E-state index contributed by atoms with van der Waals surface area (Å²) in [7, 11) is 0. The first-order valence-electron chi connectivity index (χ1n) is 6.61. The number of rotatable bonds is 3. The predicted molar refractivity (Wildman–Crippen MR) is 76.1 cm³/mol. The Morgan fingerprint density at radius 2 is 2.05 bits per heavy atom. The van der Waals surface area contributed by atoms with Crippen molar-refractivity contribution in [3.8, 4) is 5.75 Å². The molecular formula is C14H16N2O5. The van der Waals surface area contributed by atoms with Crippen molar-refractivity contribution in [3.63, 3.8) is 0 Å². The standard InChI is InChI=1S/C14H16N2O5/c17-13-4-3-11(9-12(13)16(20)21)2-1-10-5-7-15(8-6-10)14(18)19/h1-4,9-10,17H,5-8H2,(H,18,19). The lowest BCUT2D eigenvalue weighted by molar-refractivity contribution is -0.385. The Hall–Kier alpha value is -2.57. The Kier molecular flexibility index (Phi) is 4.42. The Labute approximate surface area is 121 Å². The van der Waals surface area contributed by atoms with Crippen LogP contribution in [0.2, 0.25) is 0 Å². The Morgan fingerprint density at radius 1 is 1.38 bits per heavy atom. The van der Waals surface area contributed by atoms with E-state index in [-0.39, 0.29) is 17.4 Å². The van der Waals surface area contributed by atoms with Crippen molar-refractivity contribution in [2.75, 3.05) is 13.1 Å². The molecule has 0 saturated carbocycles. The summed E-state index contributed by atoms with van der Waals surface area (Å²) in [6, 6.07) is 4.22. The van der Waals surface area contributed by atoms with E-state index in [1.165, 1.54) is 17.0 Å². The molecule has 0 spiro atoms. The minimum atomic E-state index is -0.897. The summed E-state index contributed by atoms with van der Waals surface area (Å²) in [6.45, 7) is 1.00. The van der Waals surface area contributed by atoms with Crippen LogP contribution in [-0.2, 0) is 0 Å². The summed E-state index contributed by atoms with van der Waals surface area (Å²) in [4.78, 5) is 22.3. The Morgan fingerprint density at radius 3 is 2.62 bits per heavy atom. The molecule has 1 saturated heterocycles. The smallest absolute Gasteiger partial charge is 0.407 e. The van der Waals surface area contributed by atoms with E-state index in [2.05, 4.69) is 0 Å². The van der Waals surface area contributed by atoms with Crippen LogP contribution in [0.5, 0.6) is 5.75 Å². The van der Waals surface area contributed by atoms with Gasteiger partial charge < -0.3 is 15.1 Å². The fourth-order valence-corrected chi connectivity index (χ4v) is 2.32. The third-order valence-corrected chi connectivity index (χ3v) is 3.57. The molecular weight excluding hydrogens is 276 g/mol. The second-order valence-corrected chi connectivity index (χ2v) is 4.97. The van der Waals surface area contributed by atoms with Gasteiger partial charge in [0.2, 0.25) is 0 Å². The number of phenolic OH excluding ortho intramolecular Hbond substituents is 1. The Balaban J connectivity index is 2.01. The van der Waals surface area contributed by atoms with Crippen molar-refractivity contribution in [1.29, 1.82) is 0 Å². The number of nitro groups is 1. The third kappa shape index (κ3) is 3.71. The van der Waals surface area contributed by atoms with Gasteiger partial charge in [-0.15, -0.1) is 0 Å². The van der Waals surface area contributed by atoms with E-state index in [9.17, 15) is 20.0 Å². The molecule has 1 aliphatic rings. The summed E-state index contributed by atoms with van der Waals surface area (Å²) in [5.74, 6) is -0.0969. The van der Waals surface area contributed by atoms with Crippen LogP contribution in [0.15, 0.2) is 24.3 Å². The van der Waals surface area contributed by atoms with E-state index in [4.69, 9.17) is 5.11 Å². The monoisotopic (exact) mass is 292 g/mol. The largest absolute Gasteiger partial charge is 0.502 e. The maximum atomic E-state index is 10.8. The number of carboxylic acid groups (broad SMARTS) is 1. The molecule has 1 aromatic rings. The zero-order valence-electron chi connectivity index (χ0n) is 11.3. The fraction of sp³-hybridized carbons (Fsp3) is 0.357. The van der Waals surface area contributed by atoms with Crippen molar-refractivity contribution in [2.24, 2.45) is 5.92 Å². The molecule has 1 aromatic carbocycles. The van der Waals surface area contributed by atoms with E-state index in [1.807, 2.05) is 6.08 Å². The average molecular weight is 292 g/mol. The van der Waals surface area contributed by atoms with Crippen molar-refractivity contribution < 1.29 is 19.9 Å². The number of carbonyl (C=O) groups is 1. The van der Waals surface area contributed by atoms with E-state index in [0.717, 1.165) is 12.8 Å². The van der Waals surface area contributed by atoms with Crippen LogP contribution in [0.1, 0.15) is 18.4 Å². The van der Waals surface area contributed by atoms with Crippen LogP contribution in [0.25, 0.3) is 6.08 Å². The summed E-state index contributed by atoms with van der Waals surface area (Å²) < 4.78 is 0. The molecule has 21 heavy (non-hydrogen) atoms. The van der Waals surface area contributed by atoms with Gasteiger partial charge in [-0.2, -0.15) is 0 Å². The molecule has 2 N–H and O–H groups in total. The molecule has 1 fully saturated rings. The Bertz CT molecular complexity index is 577. The zero-order chi connectivity index (χ0) is 15.4. The van der Waals surface area contributed by atoms with Gasteiger partial charge in [0.25, 0.3) is 0 Å². The average Bonchev–Trinajstić information content (AvgIpc) is 2.46. The minimum absolute atomic E-state index is 0.258. The quantitative estimate of drug-likeness (QED) is 0.658. The molecule has 1 heterocycles. The van der Waals surface area contributed by atoms with Crippen LogP contribution in [0.4, 0.5) is 10.5 Å². The highest BCUT2D eigenvalue weighted by molar-refractivity contribution is 5.65. The van der Waals surface area contributed by atoms with Gasteiger partial charge in [0, 0.05) is 19.2 Å². The number of allylic oxidation sites excluding steroid dienone is 1. The zero-order valence-corrected chi connectivity index (χ0v) is 11.3. The normalized spacial score (nSPS) is 16.3. The number of nitrogens with zero attached hydrogens (tertiary/aromatic N) is 2. The van der Waals surface area contributed by atoms with Gasteiger partial charge in [-0.25, -0.2) is 4.79 Å². The van der Waals surface area contributed by atoms with Gasteiger partial charge in [-0.05, 0) is 30.4 Å². The molecule has 7 heteroatoms. The molecule has 2 rings (SSSR count). The maximum Gasteiger partial charge on any atom is 0.407 e. The molecule has 1 aliphatic heterocycles. The summed E-state index contributed by atoms with van der Waals surface area (Å²) in [6.07, 6.45) is 4.29. The predicted octanol–water partition coefficient (Wildman–Crippen LogP) is 2.70. The lowest BCUT2D eigenvalue weighted by Gasteiger charge is -2.28. The molecule has 7 nitrogen and oxygen atoms in total. The summed E-state index contributed by atoms with van der Waals surface area (Å²) >= 11 is 0. The highest BCUT2D eigenvalue weighted by Crippen LogP contribution is 2.27. The number of likely N-dealkylation sites (tertiary alicyclic amines) is 1. The number of benzene rings is 1. The fourth-order valence-electron chi connectivity index (χ4n) is 2.32. The topological polar surface area (TPSA) is 104 Å². The van der Waals surface area contributed by atoms with E-state index in [1.54, 1.807) is 12.1 Å². The third-order valence-electron chi connectivity index (χ3n) is 3.57. The number of nitro benzene ring substituents is 1. The van der Waals surface area contributed by atoms with Crippen molar-refractivity contribution >= 4 is 17.9 Å². The van der Waals surface area contributed by atoms with Crippen LogP contribution in [0.3, 0.4) is 0 Å². The highest BCUT2D eigenvalue weighted by atomic mass is 16.6. The van der Waals surface area contributed by atoms with Crippen LogP contribution in [0, 0.1) is 16.0 Å². The molecule has 0 radical (unpaired) electrons. The lowest BCUT2D eigenvalue weighted by Crippen LogP contribution is -2.36. The molecule has 112 valence electrons. The summed E-state index contributed by atoms with van der Waals surface area (Å²) in [5.41, 5.74) is 0.318. The summed E-state index contributed by atoms with van der Waals surface area (Å²) in [5, 5.41) is 29.0. The maximum absolute atomic E-state index is 10.8. The van der Waals surface area contributed by atoms with Gasteiger partial charge in [0.1, 0.15) is 0 Å². The number of piperidine rings is 1. The van der Waals surface area contributed by atoms with E-state index < -0.39 is 11.0 Å². The van der Waals surface area contributed by atoms with Gasteiger partial charge in [0.05, 0.1) is 4.92 Å². The second kappa shape index (κ2) is 6.25. The number of hydrogen-bond acceptors (Lipinski definition) is 4. The molecule has 0 bridgehead atoms. The van der Waals surface area contributed by atoms with Gasteiger partial charge in [-0.1, -0.05) is 18.2 Å². The number of aromatic hydroxyl groups is 1. The van der Waals surface area contributed by atoms with Gasteiger partial charge >= 0.3 is 11.8 Å². The highest BCUT2D eigenvalue weighted by Gasteiger charge is 2.20. The lowest BCUT2D eigenvalue weighted by atomic mass is 9.96. The first-order valence-corrected chi connectivity index (χ1v) is 6.61. The molecule has 0 atom stereocenters. The number of phenols is 1. The molecule has 0 aliphatic carbocycles. The minimum Gasteiger partial charge on any atom is -0.502 e. The first-order chi connectivity index (χ1) is 9.97. The van der Waals surface area contributed by atoms with Crippen molar-refractivity contribution in [1.82, 2.24) is 4.90 Å². The number of amides is 1. The van der Waals surface area contributed by atoms with Gasteiger partial charge in [-0.3, -0.25) is 10.1 Å². The van der Waals surface area contributed by atoms with Crippen molar-refractivity contribution in [2.45, 2.75) is 12.8 Å².